The molecule has 2 unspecified atom stereocenters. The van der Waals surface area contributed by atoms with Crippen LogP contribution in [0.25, 0.3) is 0 Å². The van der Waals surface area contributed by atoms with Crippen molar-refractivity contribution in [2.75, 3.05) is 11.9 Å². The molecule has 2 N–H and O–H groups in total. The maximum Gasteiger partial charge on any atom is 0.311 e. The molecule has 4 aromatic rings. The van der Waals surface area contributed by atoms with E-state index in [9.17, 15) is 20.0 Å². The molecule has 0 bridgehead atoms. The Labute approximate surface area is 240 Å². The molecule has 4 aromatic carbocycles. The van der Waals surface area contributed by atoms with Crippen LogP contribution in [0.15, 0.2) is 103 Å². The predicted molar refractivity (Wildman–Crippen MR) is 160 cm³/mol. The summed E-state index contributed by atoms with van der Waals surface area (Å²) < 4.78 is 5.76. The fourth-order valence-corrected chi connectivity index (χ4v) is 4.69. The van der Waals surface area contributed by atoms with E-state index in [-0.39, 0.29) is 36.5 Å². The van der Waals surface area contributed by atoms with Gasteiger partial charge in [-0.3, -0.25) is 19.8 Å². The lowest BCUT2D eigenvalue weighted by molar-refractivity contribution is -0.386. The van der Waals surface area contributed by atoms with Gasteiger partial charge < -0.3 is 15.2 Å². The van der Waals surface area contributed by atoms with Crippen LogP contribution in [0.5, 0.6) is 5.75 Å². The zero-order valence-electron chi connectivity index (χ0n) is 23.3. The van der Waals surface area contributed by atoms with Crippen LogP contribution in [-0.4, -0.2) is 33.4 Å². The number of nitrogens with zero attached hydrogens (tertiary/aromatic N) is 2. The van der Waals surface area contributed by atoms with Crippen LogP contribution in [0.3, 0.4) is 0 Å². The van der Waals surface area contributed by atoms with Gasteiger partial charge in [-0.2, -0.15) is 0 Å². The van der Waals surface area contributed by atoms with Crippen LogP contribution >= 0.6 is 0 Å². The largest absolute Gasteiger partial charge is 0.482 e. The summed E-state index contributed by atoms with van der Waals surface area (Å²) in [7, 11) is 0. The lowest BCUT2D eigenvalue weighted by atomic mass is 10.0. The highest BCUT2D eigenvalue weighted by molar-refractivity contribution is 5.88. The van der Waals surface area contributed by atoms with Crippen LogP contribution in [0.1, 0.15) is 42.2 Å². The van der Waals surface area contributed by atoms with Crippen LogP contribution in [0, 0.1) is 10.1 Å². The number of nitro groups is 1. The second-order valence-electron chi connectivity index (χ2n) is 10.1. The zero-order valence-corrected chi connectivity index (χ0v) is 23.3. The fraction of sp³-hybridized carbons (Fsp3) is 0.242. The third-order valence-corrected chi connectivity index (χ3v) is 6.87. The number of nitrogens with one attached hydrogen (secondary N) is 1. The number of amides is 1. The Hall–Kier alpha value is -4.53. The Morgan fingerprint density at radius 1 is 0.927 bits per heavy atom. The summed E-state index contributed by atoms with van der Waals surface area (Å²) in [4.78, 5) is 24.9. The topological polar surface area (TPSA) is 105 Å². The maximum atomic E-state index is 11.9. The molecule has 0 saturated carbocycles. The monoisotopic (exact) mass is 553 g/mol. The number of benzene rings is 4. The summed E-state index contributed by atoms with van der Waals surface area (Å²) in [5.41, 5.74) is 4.11. The Morgan fingerprint density at radius 3 is 2.17 bits per heavy atom. The van der Waals surface area contributed by atoms with Gasteiger partial charge in [0.2, 0.25) is 5.91 Å². The van der Waals surface area contributed by atoms with Gasteiger partial charge >= 0.3 is 5.69 Å². The van der Waals surface area contributed by atoms with E-state index >= 15 is 0 Å². The minimum absolute atomic E-state index is 0.0416. The van der Waals surface area contributed by atoms with Crippen molar-refractivity contribution in [1.82, 2.24) is 4.90 Å². The highest BCUT2D eigenvalue weighted by atomic mass is 16.6. The third-order valence-electron chi connectivity index (χ3n) is 6.87. The standard InChI is InChI=1S/C33H35N3O5/c1-24(19-26-13-16-30(17-14-26)34-25(2)37)35(21-27-9-5-3-6-10-27)22-32(38)29-15-18-33(31(20-29)36(39)40)41-23-28-11-7-4-8-12-28/h3-18,20,24,32,38H,19,21-23H2,1-2H3,(H,34,37). The van der Waals surface area contributed by atoms with Crippen molar-refractivity contribution in [3.05, 3.63) is 135 Å². The second-order valence-corrected chi connectivity index (χ2v) is 10.1. The summed E-state index contributed by atoms with van der Waals surface area (Å²) >= 11 is 0. The molecule has 8 heteroatoms. The van der Waals surface area contributed by atoms with Crippen molar-refractivity contribution in [3.8, 4) is 5.75 Å². The van der Waals surface area contributed by atoms with Gasteiger partial charge in [0, 0.05) is 37.8 Å². The molecule has 2 atom stereocenters. The lowest BCUT2D eigenvalue weighted by Crippen LogP contribution is -2.37. The van der Waals surface area contributed by atoms with Crippen LogP contribution in [0.2, 0.25) is 0 Å². The van der Waals surface area contributed by atoms with E-state index in [0.29, 0.717) is 18.5 Å². The Morgan fingerprint density at radius 2 is 1.56 bits per heavy atom. The number of aliphatic hydroxyl groups is 1. The molecule has 0 heterocycles. The summed E-state index contributed by atoms with van der Waals surface area (Å²) in [6.45, 7) is 4.66. The van der Waals surface area contributed by atoms with Crippen molar-refractivity contribution >= 4 is 17.3 Å². The first-order chi connectivity index (χ1) is 19.8. The molecule has 0 aliphatic carbocycles. The molecule has 4 rings (SSSR count). The highest BCUT2D eigenvalue weighted by Crippen LogP contribution is 2.32. The summed E-state index contributed by atoms with van der Waals surface area (Å²) in [5.74, 6) is 0.0391. The lowest BCUT2D eigenvalue weighted by Gasteiger charge is -2.31. The van der Waals surface area contributed by atoms with E-state index in [1.54, 1.807) is 12.1 Å². The van der Waals surface area contributed by atoms with Gasteiger partial charge in [0.1, 0.15) is 6.61 Å². The Balaban J connectivity index is 1.50. The van der Waals surface area contributed by atoms with Gasteiger partial charge in [0.25, 0.3) is 0 Å². The number of nitro benzene ring substituents is 1. The van der Waals surface area contributed by atoms with Crippen molar-refractivity contribution in [2.45, 2.75) is 45.6 Å². The first-order valence-corrected chi connectivity index (χ1v) is 13.6. The van der Waals surface area contributed by atoms with Crippen molar-refractivity contribution in [2.24, 2.45) is 0 Å². The average Bonchev–Trinajstić information content (AvgIpc) is 2.97. The third kappa shape index (κ3) is 8.73. The van der Waals surface area contributed by atoms with Crippen molar-refractivity contribution < 1.29 is 19.6 Å². The first kappa shape index (κ1) is 29.5. The van der Waals surface area contributed by atoms with E-state index in [4.69, 9.17) is 4.74 Å². The van der Waals surface area contributed by atoms with E-state index in [0.717, 1.165) is 22.4 Å². The van der Waals surface area contributed by atoms with Gasteiger partial charge in [-0.1, -0.05) is 78.9 Å². The maximum absolute atomic E-state index is 11.9. The average molecular weight is 554 g/mol. The molecule has 0 fully saturated rings. The minimum Gasteiger partial charge on any atom is -0.482 e. The molecule has 0 spiro atoms. The van der Waals surface area contributed by atoms with E-state index in [1.165, 1.54) is 13.0 Å². The number of aliphatic hydroxyl groups excluding tert-OH is 1. The Kier molecular flexibility index (Phi) is 10.2. The molecule has 0 aliphatic heterocycles. The smallest absolute Gasteiger partial charge is 0.311 e. The van der Waals surface area contributed by atoms with Crippen LogP contribution < -0.4 is 10.1 Å². The predicted octanol–water partition coefficient (Wildman–Crippen LogP) is 6.30. The molecule has 1 amide bonds. The fourth-order valence-electron chi connectivity index (χ4n) is 4.69. The molecule has 41 heavy (non-hydrogen) atoms. The van der Waals surface area contributed by atoms with Crippen LogP contribution in [-0.2, 0) is 24.4 Å². The van der Waals surface area contributed by atoms with E-state index in [1.807, 2.05) is 84.9 Å². The first-order valence-electron chi connectivity index (χ1n) is 13.6. The molecule has 0 radical (unpaired) electrons. The van der Waals surface area contributed by atoms with E-state index in [2.05, 4.69) is 17.1 Å². The number of carbonyl (C=O) groups excluding carboxylic acids is 1. The summed E-state index contributed by atoms with van der Waals surface area (Å²) in [6, 6.07) is 31.8. The normalized spacial score (nSPS) is 12.5. The number of hydrogen-bond donors (Lipinski definition) is 2. The zero-order chi connectivity index (χ0) is 29.2. The van der Waals surface area contributed by atoms with Gasteiger partial charge in [0.15, 0.2) is 5.75 Å². The second kappa shape index (κ2) is 14.2. The minimum atomic E-state index is -0.954. The highest BCUT2D eigenvalue weighted by Gasteiger charge is 2.23. The number of hydrogen-bond acceptors (Lipinski definition) is 6. The molecule has 8 nitrogen and oxygen atoms in total. The SMILES string of the molecule is CC(=O)Nc1ccc(CC(C)N(Cc2ccccc2)CC(O)c2ccc(OCc3ccccc3)c([N+](=O)[O-])c2)cc1. The number of anilines is 1. The number of carbonyl (C=O) groups is 1. The number of rotatable bonds is 13. The number of ether oxygens (including phenoxy) is 1. The van der Waals surface area contributed by atoms with Gasteiger partial charge in [0.05, 0.1) is 11.0 Å². The summed E-state index contributed by atoms with van der Waals surface area (Å²) in [6.07, 6.45) is -0.239. The van der Waals surface area contributed by atoms with Gasteiger partial charge in [-0.25, -0.2) is 0 Å². The molecule has 212 valence electrons. The van der Waals surface area contributed by atoms with E-state index < -0.39 is 11.0 Å². The van der Waals surface area contributed by atoms with Crippen molar-refractivity contribution in [3.63, 3.8) is 0 Å². The van der Waals surface area contributed by atoms with Crippen molar-refractivity contribution in [1.29, 1.82) is 0 Å². The molecule has 0 saturated heterocycles. The molecule has 0 aliphatic rings. The molecule has 0 aromatic heterocycles. The molecular weight excluding hydrogens is 518 g/mol. The quantitative estimate of drug-likeness (QED) is 0.149. The van der Waals surface area contributed by atoms with Gasteiger partial charge in [-0.15, -0.1) is 0 Å². The van der Waals surface area contributed by atoms with Gasteiger partial charge in [-0.05, 0) is 53.8 Å². The molecular formula is C33H35N3O5. The Bertz CT molecular complexity index is 1430. The summed E-state index contributed by atoms with van der Waals surface area (Å²) in [5, 5.41) is 25.9. The van der Waals surface area contributed by atoms with Crippen LogP contribution in [0.4, 0.5) is 11.4 Å².